The summed E-state index contributed by atoms with van der Waals surface area (Å²) in [7, 11) is -3.12. The molecule has 7 heteroatoms. The summed E-state index contributed by atoms with van der Waals surface area (Å²) < 4.78 is 27.9. The van der Waals surface area contributed by atoms with E-state index in [1.807, 2.05) is 25.4 Å². The number of piperidine rings is 1. The van der Waals surface area contributed by atoms with Crippen LogP contribution in [0.3, 0.4) is 0 Å². The van der Waals surface area contributed by atoms with Gasteiger partial charge in [-0.25, -0.2) is 18.4 Å². The Bertz CT molecular complexity index is 753. The molecule has 0 N–H and O–H groups in total. The van der Waals surface area contributed by atoms with Crippen molar-refractivity contribution < 1.29 is 8.42 Å². The number of nitrogens with zero attached hydrogens (tertiary/aromatic N) is 4. The van der Waals surface area contributed by atoms with Crippen LogP contribution in [0, 0.1) is 6.92 Å². The monoisotopic (exact) mass is 308 g/mol. The number of fused-ring (bicyclic) bond motifs is 1. The van der Waals surface area contributed by atoms with Gasteiger partial charge in [0, 0.05) is 36.9 Å². The van der Waals surface area contributed by atoms with E-state index in [0.717, 1.165) is 29.7 Å². The van der Waals surface area contributed by atoms with Crippen LogP contribution in [0.25, 0.3) is 11.0 Å². The van der Waals surface area contributed by atoms with Gasteiger partial charge in [-0.05, 0) is 32.8 Å². The molecule has 1 atom stereocenters. The Hall–Kier alpha value is -1.47. The zero-order valence-corrected chi connectivity index (χ0v) is 13.2. The van der Waals surface area contributed by atoms with Crippen LogP contribution in [0.2, 0.25) is 0 Å². The first kappa shape index (κ1) is 14.5. The largest absolute Gasteiger partial charge is 0.328 e. The third-order valence-corrected chi connectivity index (χ3v) is 5.93. The molecule has 0 saturated carbocycles. The Labute approximate surface area is 124 Å². The summed E-state index contributed by atoms with van der Waals surface area (Å²) in [5.41, 5.74) is 0.892. The first-order valence-electron chi connectivity index (χ1n) is 7.29. The van der Waals surface area contributed by atoms with Gasteiger partial charge in [-0.3, -0.25) is 0 Å². The molecule has 0 amide bonds. The number of aromatic nitrogens is 3. The normalized spacial score (nSPS) is 21.0. The van der Waals surface area contributed by atoms with Gasteiger partial charge < -0.3 is 4.57 Å². The molecule has 0 aliphatic carbocycles. The SMILES string of the molecule is CCS(=O)(=O)N1CCCC(n2ccc3cnc(C)nc32)C1. The highest BCUT2D eigenvalue weighted by atomic mass is 32.2. The maximum atomic E-state index is 12.1. The lowest BCUT2D eigenvalue weighted by molar-refractivity contribution is 0.270. The Kier molecular flexibility index (Phi) is 3.71. The first-order chi connectivity index (χ1) is 10.0. The predicted octanol–water partition coefficient (Wildman–Crippen LogP) is 1.73. The van der Waals surface area contributed by atoms with Gasteiger partial charge in [0.2, 0.25) is 10.0 Å². The number of aryl methyl sites for hydroxylation is 1. The molecule has 3 heterocycles. The van der Waals surface area contributed by atoms with E-state index < -0.39 is 10.0 Å². The second-order valence-corrected chi connectivity index (χ2v) is 7.73. The van der Waals surface area contributed by atoms with Crippen LogP contribution >= 0.6 is 0 Å². The molecule has 0 radical (unpaired) electrons. The summed E-state index contributed by atoms with van der Waals surface area (Å²) >= 11 is 0. The number of hydrogen-bond acceptors (Lipinski definition) is 4. The fraction of sp³-hybridized carbons (Fsp3) is 0.571. The Balaban J connectivity index is 1.93. The topological polar surface area (TPSA) is 68.1 Å². The van der Waals surface area contributed by atoms with Gasteiger partial charge in [0.25, 0.3) is 0 Å². The van der Waals surface area contributed by atoms with Crippen molar-refractivity contribution in [2.75, 3.05) is 18.8 Å². The molecule has 6 nitrogen and oxygen atoms in total. The molecular formula is C14H20N4O2S. The fourth-order valence-electron chi connectivity index (χ4n) is 2.90. The van der Waals surface area contributed by atoms with Gasteiger partial charge in [0.1, 0.15) is 11.5 Å². The summed E-state index contributed by atoms with van der Waals surface area (Å²) in [5.74, 6) is 0.893. The highest BCUT2D eigenvalue weighted by molar-refractivity contribution is 7.89. The van der Waals surface area contributed by atoms with Crippen LogP contribution in [0.15, 0.2) is 18.5 Å². The molecule has 0 aromatic carbocycles. The smallest absolute Gasteiger partial charge is 0.213 e. The molecule has 2 aromatic rings. The van der Waals surface area contributed by atoms with Gasteiger partial charge in [-0.15, -0.1) is 0 Å². The van der Waals surface area contributed by atoms with E-state index in [-0.39, 0.29) is 11.8 Å². The average molecular weight is 308 g/mol. The highest BCUT2D eigenvalue weighted by Crippen LogP contribution is 2.27. The van der Waals surface area contributed by atoms with Crippen LogP contribution in [0.5, 0.6) is 0 Å². The maximum Gasteiger partial charge on any atom is 0.213 e. The Morgan fingerprint density at radius 2 is 2.24 bits per heavy atom. The first-order valence-corrected chi connectivity index (χ1v) is 8.90. The van der Waals surface area contributed by atoms with E-state index in [9.17, 15) is 8.42 Å². The van der Waals surface area contributed by atoms with Crippen molar-refractivity contribution in [2.45, 2.75) is 32.7 Å². The summed E-state index contributed by atoms with van der Waals surface area (Å²) in [6.07, 6.45) is 5.67. The summed E-state index contributed by atoms with van der Waals surface area (Å²) in [6.45, 7) is 4.72. The summed E-state index contributed by atoms with van der Waals surface area (Å²) in [5, 5.41) is 0.996. The van der Waals surface area contributed by atoms with E-state index in [1.54, 1.807) is 11.2 Å². The minimum absolute atomic E-state index is 0.145. The summed E-state index contributed by atoms with van der Waals surface area (Å²) in [4.78, 5) is 8.70. The lowest BCUT2D eigenvalue weighted by Crippen LogP contribution is -2.41. The van der Waals surface area contributed by atoms with Crippen molar-refractivity contribution >= 4 is 21.1 Å². The molecule has 2 aromatic heterocycles. The third-order valence-electron chi connectivity index (χ3n) is 4.09. The second-order valence-electron chi connectivity index (χ2n) is 5.47. The lowest BCUT2D eigenvalue weighted by Gasteiger charge is -2.32. The Morgan fingerprint density at radius 1 is 1.43 bits per heavy atom. The highest BCUT2D eigenvalue weighted by Gasteiger charge is 2.29. The molecule has 0 spiro atoms. The van der Waals surface area contributed by atoms with Crippen LogP contribution < -0.4 is 0 Å². The molecule has 114 valence electrons. The molecule has 1 aliphatic rings. The molecule has 3 rings (SSSR count). The quantitative estimate of drug-likeness (QED) is 0.866. The minimum atomic E-state index is -3.12. The van der Waals surface area contributed by atoms with Crippen molar-refractivity contribution in [3.8, 4) is 0 Å². The van der Waals surface area contributed by atoms with Crippen molar-refractivity contribution in [1.82, 2.24) is 18.8 Å². The van der Waals surface area contributed by atoms with Crippen molar-refractivity contribution in [3.63, 3.8) is 0 Å². The van der Waals surface area contributed by atoms with Gasteiger partial charge in [0.05, 0.1) is 5.75 Å². The van der Waals surface area contributed by atoms with Gasteiger partial charge in [-0.2, -0.15) is 4.31 Å². The standard InChI is InChI=1S/C14H20N4O2S/c1-3-21(19,20)17-7-4-5-13(10-17)18-8-6-12-9-15-11(2)16-14(12)18/h6,8-9,13H,3-5,7,10H2,1-2H3. The molecule has 1 unspecified atom stereocenters. The Morgan fingerprint density at radius 3 is 3.00 bits per heavy atom. The van der Waals surface area contributed by atoms with Crippen LogP contribution in [-0.2, 0) is 10.0 Å². The molecule has 21 heavy (non-hydrogen) atoms. The fourth-order valence-corrected chi connectivity index (χ4v) is 4.07. The molecular weight excluding hydrogens is 288 g/mol. The zero-order valence-electron chi connectivity index (χ0n) is 12.4. The summed E-state index contributed by atoms with van der Waals surface area (Å²) in [6, 6.07) is 2.13. The third kappa shape index (κ3) is 2.67. The predicted molar refractivity (Wildman–Crippen MR) is 81.6 cm³/mol. The van der Waals surface area contributed by atoms with Crippen molar-refractivity contribution in [1.29, 1.82) is 0 Å². The zero-order chi connectivity index (χ0) is 15.0. The van der Waals surface area contributed by atoms with Crippen LogP contribution in [0.1, 0.15) is 31.6 Å². The second kappa shape index (κ2) is 5.38. The van der Waals surface area contributed by atoms with Gasteiger partial charge in [0.15, 0.2) is 0 Å². The van der Waals surface area contributed by atoms with Gasteiger partial charge in [-0.1, -0.05) is 0 Å². The van der Waals surface area contributed by atoms with E-state index in [1.165, 1.54) is 0 Å². The molecule has 1 aliphatic heterocycles. The van der Waals surface area contributed by atoms with E-state index in [2.05, 4.69) is 14.5 Å². The van der Waals surface area contributed by atoms with E-state index in [4.69, 9.17) is 0 Å². The maximum absolute atomic E-state index is 12.1. The number of hydrogen-bond donors (Lipinski definition) is 0. The van der Waals surface area contributed by atoms with Crippen LogP contribution in [-0.4, -0.2) is 46.1 Å². The van der Waals surface area contributed by atoms with E-state index in [0.29, 0.717) is 13.1 Å². The van der Waals surface area contributed by atoms with Crippen LogP contribution in [0.4, 0.5) is 0 Å². The molecule has 1 saturated heterocycles. The molecule has 1 fully saturated rings. The van der Waals surface area contributed by atoms with Crippen molar-refractivity contribution in [2.24, 2.45) is 0 Å². The number of sulfonamides is 1. The molecule has 0 bridgehead atoms. The van der Waals surface area contributed by atoms with Gasteiger partial charge >= 0.3 is 0 Å². The minimum Gasteiger partial charge on any atom is -0.328 e. The van der Waals surface area contributed by atoms with Crippen molar-refractivity contribution in [3.05, 3.63) is 24.3 Å². The number of rotatable bonds is 3. The van der Waals surface area contributed by atoms with E-state index >= 15 is 0 Å². The lowest BCUT2D eigenvalue weighted by atomic mass is 10.1. The average Bonchev–Trinajstić information content (AvgIpc) is 2.90.